The van der Waals surface area contributed by atoms with E-state index in [-0.39, 0.29) is 5.88 Å². The van der Waals surface area contributed by atoms with Crippen LogP contribution in [0.1, 0.15) is 22.6 Å². The van der Waals surface area contributed by atoms with Crippen LogP contribution in [-0.4, -0.2) is 15.1 Å². The Hall–Kier alpha value is -2.34. The van der Waals surface area contributed by atoms with Gasteiger partial charge in [0.25, 0.3) is 0 Å². The summed E-state index contributed by atoms with van der Waals surface area (Å²) >= 11 is 0. The minimum absolute atomic E-state index is 0.0411. The molecule has 0 amide bonds. The second-order valence-corrected chi connectivity index (χ2v) is 4.02. The Morgan fingerprint density at radius 2 is 1.83 bits per heavy atom. The molecular weight excluding hydrogens is 224 g/mol. The maximum atomic E-state index is 9.72. The van der Waals surface area contributed by atoms with Crippen LogP contribution in [0.4, 0.5) is 0 Å². The molecule has 0 atom stereocenters. The van der Waals surface area contributed by atoms with E-state index in [0.717, 1.165) is 5.56 Å². The molecule has 0 radical (unpaired) electrons. The zero-order valence-electron chi connectivity index (χ0n) is 10.4. The van der Waals surface area contributed by atoms with Crippen LogP contribution >= 0.6 is 0 Å². The number of aryl methyl sites for hydroxylation is 2. The summed E-state index contributed by atoms with van der Waals surface area (Å²) in [7, 11) is 0. The first-order valence-electron chi connectivity index (χ1n) is 5.74. The molecule has 0 aliphatic rings. The lowest BCUT2D eigenvalue weighted by atomic mass is 10.1. The summed E-state index contributed by atoms with van der Waals surface area (Å²) in [5.74, 6) is 6.47. The molecule has 1 N–H and O–H groups in total. The maximum absolute atomic E-state index is 9.72. The van der Waals surface area contributed by atoms with Crippen LogP contribution in [0, 0.1) is 25.7 Å². The Morgan fingerprint density at radius 1 is 1.11 bits per heavy atom. The zero-order valence-corrected chi connectivity index (χ0v) is 10.4. The first-order valence-corrected chi connectivity index (χ1v) is 5.74. The average Bonchev–Trinajstić information content (AvgIpc) is 2.34. The summed E-state index contributed by atoms with van der Waals surface area (Å²) in [5.41, 5.74) is 2.37. The van der Waals surface area contributed by atoms with Gasteiger partial charge in [0.15, 0.2) is 0 Å². The van der Waals surface area contributed by atoms with Gasteiger partial charge < -0.3 is 5.11 Å². The largest absolute Gasteiger partial charge is 0.492 e. The van der Waals surface area contributed by atoms with Crippen molar-refractivity contribution in [2.45, 2.75) is 20.3 Å². The molecule has 0 unspecified atom stereocenters. The van der Waals surface area contributed by atoms with Gasteiger partial charge in [0, 0.05) is 6.42 Å². The van der Waals surface area contributed by atoms with Gasteiger partial charge in [0.05, 0.1) is 5.69 Å². The smallest absolute Gasteiger partial charge is 0.230 e. The molecule has 1 aromatic carbocycles. The first kappa shape index (κ1) is 12.1. The van der Waals surface area contributed by atoms with Crippen molar-refractivity contribution in [3.63, 3.8) is 0 Å². The number of nitrogens with zero attached hydrogens (tertiary/aromatic N) is 2. The second-order valence-electron chi connectivity index (χ2n) is 4.02. The monoisotopic (exact) mass is 238 g/mol. The fourth-order valence-corrected chi connectivity index (χ4v) is 1.67. The van der Waals surface area contributed by atoms with Crippen molar-refractivity contribution in [3.8, 4) is 17.7 Å². The predicted molar refractivity (Wildman–Crippen MR) is 70.2 cm³/mol. The van der Waals surface area contributed by atoms with E-state index in [1.54, 1.807) is 6.92 Å². The fourth-order valence-electron chi connectivity index (χ4n) is 1.67. The van der Waals surface area contributed by atoms with E-state index >= 15 is 0 Å². The Balaban J connectivity index is 2.21. The lowest BCUT2D eigenvalue weighted by Crippen LogP contribution is -1.95. The highest BCUT2D eigenvalue weighted by Gasteiger charge is 2.05. The van der Waals surface area contributed by atoms with Crippen LogP contribution in [0.15, 0.2) is 30.3 Å². The number of benzene rings is 1. The summed E-state index contributed by atoms with van der Waals surface area (Å²) in [4.78, 5) is 8.09. The standard InChI is InChI=1S/C15H14N2O/c1-11-14(15(18)17-12(2)16-11)10-6-9-13-7-4-3-5-8-13/h3-5,7-8H,9H2,1-2H3,(H,16,17,18). The molecule has 2 aromatic rings. The Morgan fingerprint density at radius 3 is 2.50 bits per heavy atom. The molecule has 18 heavy (non-hydrogen) atoms. The highest BCUT2D eigenvalue weighted by Crippen LogP contribution is 2.15. The normalized spacial score (nSPS) is 9.67. The zero-order chi connectivity index (χ0) is 13.0. The van der Waals surface area contributed by atoms with Crippen LogP contribution in [0.3, 0.4) is 0 Å². The Kier molecular flexibility index (Phi) is 3.59. The molecule has 0 saturated heterocycles. The van der Waals surface area contributed by atoms with E-state index in [1.807, 2.05) is 37.3 Å². The fraction of sp³-hybridized carbons (Fsp3) is 0.200. The van der Waals surface area contributed by atoms with Gasteiger partial charge in [-0.3, -0.25) is 0 Å². The summed E-state index contributed by atoms with van der Waals surface area (Å²) in [5, 5.41) is 9.72. The maximum Gasteiger partial charge on any atom is 0.230 e. The molecule has 3 nitrogen and oxygen atoms in total. The first-order chi connectivity index (χ1) is 8.66. The molecule has 0 saturated carbocycles. The lowest BCUT2D eigenvalue weighted by molar-refractivity contribution is 0.447. The highest BCUT2D eigenvalue weighted by molar-refractivity contribution is 5.44. The number of rotatable bonds is 1. The summed E-state index contributed by atoms with van der Waals surface area (Å²) in [6.45, 7) is 3.56. The van der Waals surface area contributed by atoms with Gasteiger partial charge in [-0.25, -0.2) is 4.98 Å². The number of hydrogen-bond acceptors (Lipinski definition) is 3. The summed E-state index contributed by atoms with van der Waals surface area (Å²) in [6.07, 6.45) is 0.646. The van der Waals surface area contributed by atoms with Gasteiger partial charge >= 0.3 is 0 Å². The number of aromatic hydroxyl groups is 1. The van der Waals surface area contributed by atoms with Crippen LogP contribution in [0.5, 0.6) is 5.88 Å². The topological polar surface area (TPSA) is 46.0 Å². The van der Waals surface area contributed by atoms with E-state index < -0.39 is 0 Å². The van der Waals surface area contributed by atoms with Gasteiger partial charge in [-0.05, 0) is 19.4 Å². The van der Waals surface area contributed by atoms with E-state index in [1.165, 1.54) is 0 Å². The predicted octanol–water partition coefficient (Wildman–Crippen LogP) is 2.39. The van der Waals surface area contributed by atoms with Crippen molar-refractivity contribution >= 4 is 0 Å². The number of hydrogen-bond donors (Lipinski definition) is 1. The third-order valence-corrected chi connectivity index (χ3v) is 2.53. The molecule has 0 aliphatic carbocycles. The molecule has 3 heteroatoms. The van der Waals surface area contributed by atoms with E-state index in [4.69, 9.17) is 0 Å². The van der Waals surface area contributed by atoms with Gasteiger partial charge in [-0.15, -0.1) is 0 Å². The Bertz CT molecular complexity index is 586. The average molecular weight is 238 g/mol. The van der Waals surface area contributed by atoms with Crippen LogP contribution in [-0.2, 0) is 6.42 Å². The third kappa shape index (κ3) is 2.86. The third-order valence-electron chi connectivity index (χ3n) is 2.53. The lowest BCUT2D eigenvalue weighted by Gasteiger charge is -2.01. The molecule has 0 fully saturated rings. The SMILES string of the molecule is Cc1nc(C)c(C#CCc2ccccc2)c(O)n1. The molecular formula is C15H14N2O. The van der Waals surface area contributed by atoms with Gasteiger partial charge in [-0.2, -0.15) is 4.98 Å². The van der Waals surface area contributed by atoms with Crippen molar-refractivity contribution in [1.82, 2.24) is 9.97 Å². The second kappa shape index (κ2) is 5.33. The minimum Gasteiger partial charge on any atom is -0.492 e. The van der Waals surface area contributed by atoms with E-state index in [9.17, 15) is 5.11 Å². The molecule has 2 rings (SSSR count). The van der Waals surface area contributed by atoms with E-state index in [2.05, 4.69) is 21.8 Å². The van der Waals surface area contributed by atoms with E-state index in [0.29, 0.717) is 23.5 Å². The molecule has 90 valence electrons. The summed E-state index contributed by atoms with van der Waals surface area (Å²) < 4.78 is 0. The van der Waals surface area contributed by atoms with Gasteiger partial charge in [0.1, 0.15) is 11.4 Å². The highest BCUT2D eigenvalue weighted by atomic mass is 16.3. The van der Waals surface area contributed by atoms with Gasteiger partial charge in [0.2, 0.25) is 5.88 Å². The summed E-state index contributed by atoms with van der Waals surface area (Å²) in [6, 6.07) is 9.98. The van der Waals surface area contributed by atoms with Gasteiger partial charge in [-0.1, -0.05) is 42.2 Å². The molecule has 0 aliphatic heterocycles. The number of aromatic nitrogens is 2. The van der Waals surface area contributed by atoms with Crippen molar-refractivity contribution in [3.05, 3.63) is 53.0 Å². The van der Waals surface area contributed by atoms with Crippen molar-refractivity contribution in [2.75, 3.05) is 0 Å². The van der Waals surface area contributed by atoms with Crippen molar-refractivity contribution in [2.24, 2.45) is 0 Å². The Labute approximate surface area is 107 Å². The van der Waals surface area contributed by atoms with Crippen LogP contribution in [0.25, 0.3) is 0 Å². The van der Waals surface area contributed by atoms with Crippen LogP contribution in [0.2, 0.25) is 0 Å². The molecule has 0 bridgehead atoms. The molecule has 1 aromatic heterocycles. The van der Waals surface area contributed by atoms with Crippen molar-refractivity contribution in [1.29, 1.82) is 0 Å². The van der Waals surface area contributed by atoms with Crippen LogP contribution < -0.4 is 0 Å². The quantitative estimate of drug-likeness (QED) is 0.776. The molecule has 1 heterocycles. The minimum atomic E-state index is -0.0411. The molecule has 0 spiro atoms. The van der Waals surface area contributed by atoms with Crippen molar-refractivity contribution < 1.29 is 5.11 Å².